The van der Waals surface area contributed by atoms with Gasteiger partial charge in [-0.15, -0.1) is 0 Å². The maximum Gasteiger partial charge on any atom is 0.157 e. The Balaban J connectivity index is 1.34. The molecule has 0 aliphatic carbocycles. The molecule has 0 radical (unpaired) electrons. The van der Waals surface area contributed by atoms with E-state index in [-0.39, 0.29) is 6.10 Å². The summed E-state index contributed by atoms with van der Waals surface area (Å²) in [5, 5.41) is 3.34. The van der Waals surface area contributed by atoms with Crippen LogP contribution in [0.25, 0.3) is 0 Å². The van der Waals surface area contributed by atoms with Crippen LogP contribution >= 0.6 is 0 Å². The van der Waals surface area contributed by atoms with E-state index in [1.165, 1.54) is 5.56 Å². The van der Waals surface area contributed by atoms with Crippen LogP contribution in [0.4, 0.5) is 17.3 Å². The number of aromatic nitrogens is 2. The number of rotatable bonds is 6. The SMILES string of the molecule is Nc1c(NCC2CCCO2)ncnc1N1CCN(Cc2ccccc2)CC1. The molecule has 7 nitrogen and oxygen atoms in total. The van der Waals surface area contributed by atoms with Crippen LogP contribution in [0.2, 0.25) is 0 Å². The molecule has 0 bridgehead atoms. The third-order valence-electron chi connectivity index (χ3n) is 5.30. The first kappa shape index (κ1) is 18.0. The van der Waals surface area contributed by atoms with Crippen LogP contribution in [-0.2, 0) is 11.3 Å². The lowest BCUT2D eigenvalue weighted by atomic mass is 10.2. The first-order chi connectivity index (χ1) is 13.3. The summed E-state index contributed by atoms with van der Waals surface area (Å²) in [5.74, 6) is 1.54. The lowest BCUT2D eigenvalue weighted by Gasteiger charge is -2.36. The van der Waals surface area contributed by atoms with Crippen molar-refractivity contribution in [1.82, 2.24) is 14.9 Å². The summed E-state index contributed by atoms with van der Waals surface area (Å²) in [7, 11) is 0. The molecule has 2 fully saturated rings. The largest absolute Gasteiger partial charge is 0.393 e. The van der Waals surface area contributed by atoms with Crippen molar-refractivity contribution in [2.45, 2.75) is 25.5 Å². The summed E-state index contributed by atoms with van der Waals surface area (Å²) in [6, 6.07) is 10.6. The maximum atomic E-state index is 6.37. The van der Waals surface area contributed by atoms with E-state index in [1.54, 1.807) is 6.33 Å². The maximum absolute atomic E-state index is 6.37. The number of nitrogens with two attached hydrogens (primary N) is 1. The molecule has 3 heterocycles. The van der Waals surface area contributed by atoms with Crippen LogP contribution in [-0.4, -0.2) is 60.3 Å². The Morgan fingerprint density at radius 1 is 1.11 bits per heavy atom. The number of hydrogen-bond acceptors (Lipinski definition) is 7. The molecule has 27 heavy (non-hydrogen) atoms. The highest BCUT2D eigenvalue weighted by atomic mass is 16.5. The van der Waals surface area contributed by atoms with Crippen molar-refractivity contribution in [3.63, 3.8) is 0 Å². The molecule has 144 valence electrons. The highest BCUT2D eigenvalue weighted by molar-refractivity contribution is 5.75. The van der Waals surface area contributed by atoms with Gasteiger partial charge in [0.25, 0.3) is 0 Å². The topological polar surface area (TPSA) is 79.5 Å². The molecule has 0 spiro atoms. The standard InChI is InChI=1S/C20H28N6O/c21-18-19(22-13-17-7-4-12-27-17)23-15-24-20(18)26-10-8-25(9-11-26)14-16-5-2-1-3-6-16/h1-3,5-6,15,17H,4,7-14,21H2,(H,22,23,24). The molecule has 2 saturated heterocycles. The molecule has 2 aromatic rings. The summed E-state index contributed by atoms with van der Waals surface area (Å²) >= 11 is 0. The summed E-state index contributed by atoms with van der Waals surface area (Å²) in [6.45, 7) is 6.41. The molecule has 0 saturated carbocycles. The number of anilines is 3. The van der Waals surface area contributed by atoms with Gasteiger partial charge in [0.05, 0.1) is 6.10 Å². The van der Waals surface area contributed by atoms with Crippen molar-refractivity contribution in [1.29, 1.82) is 0 Å². The predicted octanol–water partition coefficient (Wildman–Crippen LogP) is 1.97. The van der Waals surface area contributed by atoms with E-state index in [4.69, 9.17) is 10.5 Å². The number of nitrogen functional groups attached to an aromatic ring is 1. The molecule has 1 aromatic heterocycles. The highest BCUT2D eigenvalue weighted by Crippen LogP contribution is 2.27. The monoisotopic (exact) mass is 368 g/mol. The summed E-state index contributed by atoms with van der Waals surface area (Å²) in [4.78, 5) is 13.5. The molecule has 4 rings (SSSR count). The Kier molecular flexibility index (Phi) is 5.69. The van der Waals surface area contributed by atoms with Gasteiger partial charge in [-0.25, -0.2) is 9.97 Å². The highest BCUT2D eigenvalue weighted by Gasteiger charge is 2.22. The summed E-state index contributed by atoms with van der Waals surface area (Å²) in [6.07, 6.45) is 4.07. The Bertz CT molecular complexity index is 727. The van der Waals surface area contributed by atoms with Crippen LogP contribution < -0.4 is 16.0 Å². The Labute approximate surface area is 160 Å². The zero-order chi connectivity index (χ0) is 18.5. The zero-order valence-corrected chi connectivity index (χ0v) is 15.7. The molecule has 1 unspecified atom stereocenters. The second-order valence-corrected chi connectivity index (χ2v) is 7.22. The van der Waals surface area contributed by atoms with E-state index >= 15 is 0 Å². The van der Waals surface area contributed by atoms with E-state index in [0.29, 0.717) is 11.5 Å². The van der Waals surface area contributed by atoms with Crippen LogP contribution in [0.3, 0.4) is 0 Å². The lowest BCUT2D eigenvalue weighted by molar-refractivity contribution is 0.120. The Morgan fingerprint density at radius 3 is 2.67 bits per heavy atom. The van der Waals surface area contributed by atoms with Gasteiger partial charge >= 0.3 is 0 Å². The van der Waals surface area contributed by atoms with E-state index in [1.807, 2.05) is 0 Å². The van der Waals surface area contributed by atoms with E-state index < -0.39 is 0 Å². The number of benzene rings is 1. The van der Waals surface area contributed by atoms with Gasteiger partial charge < -0.3 is 20.7 Å². The molecule has 1 aromatic carbocycles. The van der Waals surface area contributed by atoms with Crippen molar-refractivity contribution in [2.75, 3.05) is 55.3 Å². The number of piperazine rings is 1. The first-order valence-electron chi connectivity index (χ1n) is 9.77. The van der Waals surface area contributed by atoms with Crippen LogP contribution in [0.1, 0.15) is 18.4 Å². The van der Waals surface area contributed by atoms with Crippen molar-refractivity contribution in [3.05, 3.63) is 42.2 Å². The minimum absolute atomic E-state index is 0.254. The minimum Gasteiger partial charge on any atom is -0.393 e. The van der Waals surface area contributed by atoms with E-state index in [0.717, 1.165) is 64.5 Å². The average Bonchev–Trinajstić information content (AvgIpc) is 3.22. The average molecular weight is 368 g/mol. The fourth-order valence-corrected chi connectivity index (χ4v) is 3.75. The first-order valence-corrected chi connectivity index (χ1v) is 9.77. The second kappa shape index (κ2) is 8.54. The van der Waals surface area contributed by atoms with Gasteiger partial charge in [-0.2, -0.15) is 0 Å². The third kappa shape index (κ3) is 4.48. The second-order valence-electron chi connectivity index (χ2n) is 7.22. The number of nitrogens with one attached hydrogen (secondary N) is 1. The van der Waals surface area contributed by atoms with Gasteiger partial charge in [-0.05, 0) is 18.4 Å². The fraction of sp³-hybridized carbons (Fsp3) is 0.500. The molecular weight excluding hydrogens is 340 g/mol. The summed E-state index contributed by atoms with van der Waals surface area (Å²) in [5.41, 5.74) is 8.36. The van der Waals surface area contributed by atoms with Crippen LogP contribution in [0.15, 0.2) is 36.7 Å². The van der Waals surface area contributed by atoms with Crippen LogP contribution in [0.5, 0.6) is 0 Å². The van der Waals surface area contributed by atoms with Crippen molar-refractivity contribution < 1.29 is 4.74 Å². The zero-order valence-electron chi connectivity index (χ0n) is 15.7. The molecule has 0 amide bonds. The molecular formula is C20H28N6O. The van der Waals surface area contributed by atoms with E-state index in [2.05, 4.69) is 55.4 Å². The number of hydrogen-bond donors (Lipinski definition) is 2. The summed E-state index contributed by atoms with van der Waals surface area (Å²) < 4.78 is 5.66. The normalized spacial score (nSPS) is 20.7. The van der Waals surface area contributed by atoms with Gasteiger partial charge in [0.1, 0.15) is 12.0 Å². The molecule has 7 heteroatoms. The number of ether oxygens (including phenoxy) is 1. The van der Waals surface area contributed by atoms with Crippen molar-refractivity contribution in [3.8, 4) is 0 Å². The van der Waals surface area contributed by atoms with Gasteiger partial charge in [-0.3, -0.25) is 4.90 Å². The molecule has 1 atom stereocenters. The third-order valence-corrected chi connectivity index (χ3v) is 5.30. The van der Waals surface area contributed by atoms with Gasteiger partial charge in [-0.1, -0.05) is 30.3 Å². The van der Waals surface area contributed by atoms with E-state index in [9.17, 15) is 0 Å². The number of nitrogens with zero attached hydrogens (tertiary/aromatic N) is 4. The predicted molar refractivity (Wildman–Crippen MR) is 108 cm³/mol. The van der Waals surface area contributed by atoms with Gasteiger partial charge in [0.15, 0.2) is 11.6 Å². The molecule has 2 aliphatic rings. The van der Waals surface area contributed by atoms with Crippen molar-refractivity contribution in [2.24, 2.45) is 0 Å². The molecule has 3 N–H and O–H groups in total. The quantitative estimate of drug-likeness (QED) is 0.807. The Hall–Kier alpha value is -2.38. The minimum atomic E-state index is 0.254. The van der Waals surface area contributed by atoms with Crippen LogP contribution in [0, 0.1) is 0 Å². The van der Waals surface area contributed by atoms with Crippen molar-refractivity contribution >= 4 is 17.3 Å². The molecule has 2 aliphatic heterocycles. The lowest BCUT2D eigenvalue weighted by Crippen LogP contribution is -2.46. The van der Waals surface area contributed by atoms with Gasteiger partial charge in [0.2, 0.25) is 0 Å². The van der Waals surface area contributed by atoms with Gasteiger partial charge in [0, 0.05) is 45.9 Å². The Morgan fingerprint density at radius 2 is 1.93 bits per heavy atom. The smallest absolute Gasteiger partial charge is 0.157 e. The fourth-order valence-electron chi connectivity index (χ4n) is 3.75.